The minimum absolute atomic E-state index is 0.0606. The molecular weight excluding hydrogens is 376 g/mol. The molecule has 0 bridgehead atoms. The van der Waals surface area contributed by atoms with Gasteiger partial charge in [0.25, 0.3) is 5.91 Å². The van der Waals surface area contributed by atoms with Crippen LogP contribution in [0.3, 0.4) is 0 Å². The zero-order valence-electron chi connectivity index (χ0n) is 13.1. The zero-order chi connectivity index (χ0) is 16.4. The van der Waals surface area contributed by atoms with E-state index in [1.807, 2.05) is 31.4 Å². The average Bonchev–Trinajstić information content (AvgIpc) is 3.34. The number of thioether (sulfide) groups is 1. The van der Waals surface area contributed by atoms with E-state index < -0.39 is 5.44 Å². The molecule has 1 aliphatic rings. The third-order valence-electron chi connectivity index (χ3n) is 3.85. The molecule has 1 aromatic heterocycles. The third kappa shape index (κ3) is 4.18. The number of aromatic nitrogens is 1. The van der Waals surface area contributed by atoms with Gasteiger partial charge in [0, 0.05) is 22.6 Å². The first-order valence-electron chi connectivity index (χ1n) is 7.60. The second-order valence-electron chi connectivity index (χ2n) is 5.84. The molecule has 6 heteroatoms. The minimum Gasteiger partial charge on any atom is -0.470 e. The maximum Gasteiger partial charge on any atom is 0.271 e. The van der Waals surface area contributed by atoms with Gasteiger partial charge < -0.3 is 10.1 Å². The van der Waals surface area contributed by atoms with Crippen molar-refractivity contribution in [3.8, 4) is 5.75 Å². The van der Waals surface area contributed by atoms with Crippen LogP contribution in [-0.2, 0) is 4.79 Å². The van der Waals surface area contributed by atoms with Gasteiger partial charge in [-0.15, -0.1) is 11.8 Å². The summed E-state index contributed by atoms with van der Waals surface area (Å²) in [6.45, 7) is 2.75. The van der Waals surface area contributed by atoms with Crippen LogP contribution in [-0.4, -0.2) is 29.1 Å². The Balaban J connectivity index is 1.76. The molecule has 1 unspecified atom stereocenters. The van der Waals surface area contributed by atoms with Crippen molar-refractivity contribution in [3.63, 3.8) is 0 Å². The number of hydrogen-bond acceptors (Lipinski definition) is 4. The Labute approximate surface area is 148 Å². The Hall–Kier alpha value is -1.27. The summed E-state index contributed by atoms with van der Waals surface area (Å²) < 4.78 is 6.84. The molecule has 1 N–H and O–H groups in total. The van der Waals surface area contributed by atoms with E-state index in [-0.39, 0.29) is 5.91 Å². The fourth-order valence-corrected chi connectivity index (χ4v) is 3.28. The SMILES string of the molecule is CSC(Oc1cc(C)c2ncc(Br)cc2c1)C(=O)NCC1CC1. The zero-order valence-corrected chi connectivity index (χ0v) is 15.5. The van der Waals surface area contributed by atoms with Gasteiger partial charge in [-0.2, -0.15) is 0 Å². The van der Waals surface area contributed by atoms with Gasteiger partial charge in [-0.05, 0) is 71.6 Å². The Morgan fingerprint density at radius 3 is 2.96 bits per heavy atom. The van der Waals surface area contributed by atoms with Crippen LogP contribution in [0.2, 0.25) is 0 Å². The van der Waals surface area contributed by atoms with Crippen LogP contribution in [0.25, 0.3) is 10.9 Å². The Bertz CT molecular complexity index is 734. The number of aryl methyl sites for hydroxylation is 1. The number of halogens is 1. The van der Waals surface area contributed by atoms with E-state index in [1.165, 1.54) is 24.6 Å². The summed E-state index contributed by atoms with van der Waals surface area (Å²) in [4.78, 5) is 16.7. The lowest BCUT2D eigenvalue weighted by molar-refractivity contribution is -0.124. The Kier molecular flexibility index (Phi) is 5.11. The summed E-state index contributed by atoms with van der Waals surface area (Å²) in [6.07, 6.45) is 6.10. The smallest absolute Gasteiger partial charge is 0.271 e. The van der Waals surface area contributed by atoms with Gasteiger partial charge in [0.1, 0.15) is 5.75 Å². The molecule has 0 saturated heterocycles. The molecule has 1 amide bonds. The second-order valence-corrected chi connectivity index (χ2v) is 7.65. The average molecular weight is 395 g/mol. The molecule has 1 saturated carbocycles. The number of ether oxygens (including phenoxy) is 1. The summed E-state index contributed by atoms with van der Waals surface area (Å²) in [5, 5.41) is 3.97. The molecule has 3 rings (SSSR count). The van der Waals surface area contributed by atoms with Crippen molar-refractivity contribution in [2.45, 2.75) is 25.2 Å². The van der Waals surface area contributed by atoms with Gasteiger partial charge in [0.05, 0.1) is 5.52 Å². The van der Waals surface area contributed by atoms with Crippen LogP contribution >= 0.6 is 27.7 Å². The van der Waals surface area contributed by atoms with Crippen LogP contribution in [0.1, 0.15) is 18.4 Å². The lowest BCUT2D eigenvalue weighted by Crippen LogP contribution is -2.37. The molecule has 1 aromatic carbocycles. The van der Waals surface area contributed by atoms with Crippen molar-refractivity contribution in [2.75, 3.05) is 12.8 Å². The van der Waals surface area contributed by atoms with Gasteiger partial charge >= 0.3 is 0 Å². The van der Waals surface area contributed by atoms with Gasteiger partial charge in [0.2, 0.25) is 5.44 Å². The van der Waals surface area contributed by atoms with Crippen molar-refractivity contribution >= 4 is 44.5 Å². The van der Waals surface area contributed by atoms with Crippen LogP contribution in [0.15, 0.2) is 28.9 Å². The first-order chi connectivity index (χ1) is 11.1. The molecule has 1 fully saturated rings. The number of nitrogens with one attached hydrogen (secondary N) is 1. The molecule has 0 aliphatic heterocycles. The number of benzene rings is 1. The predicted molar refractivity (Wildman–Crippen MR) is 97.8 cm³/mol. The number of carbonyl (C=O) groups is 1. The maximum absolute atomic E-state index is 12.2. The highest BCUT2D eigenvalue weighted by Crippen LogP contribution is 2.29. The summed E-state index contributed by atoms with van der Waals surface area (Å²) in [5.74, 6) is 1.29. The van der Waals surface area contributed by atoms with Gasteiger partial charge in [0.15, 0.2) is 0 Å². The van der Waals surface area contributed by atoms with Gasteiger partial charge in [-0.25, -0.2) is 0 Å². The largest absolute Gasteiger partial charge is 0.470 e. The minimum atomic E-state index is -0.536. The highest BCUT2D eigenvalue weighted by atomic mass is 79.9. The summed E-state index contributed by atoms with van der Waals surface area (Å²) in [6, 6.07) is 5.86. The van der Waals surface area contributed by atoms with E-state index in [1.54, 1.807) is 6.20 Å². The van der Waals surface area contributed by atoms with Crippen molar-refractivity contribution in [3.05, 3.63) is 34.4 Å². The molecule has 122 valence electrons. The summed E-state index contributed by atoms with van der Waals surface area (Å²) in [5.41, 5.74) is 1.44. The topological polar surface area (TPSA) is 51.2 Å². The fraction of sp³-hybridized carbons (Fsp3) is 0.412. The monoisotopic (exact) mass is 394 g/mol. The number of pyridine rings is 1. The number of amides is 1. The normalized spacial score (nSPS) is 15.4. The molecule has 4 nitrogen and oxygen atoms in total. The van der Waals surface area contributed by atoms with Crippen LogP contribution in [0, 0.1) is 12.8 Å². The lowest BCUT2D eigenvalue weighted by Gasteiger charge is -2.17. The molecule has 2 aromatic rings. The fourth-order valence-electron chi connectivity index (χ4n) is 2.42. The molecule has 1 atom stereocenters. The van der Waals surface area contributed by atoms with Gasteiger partial charge in [-0.3, -0.25) is 9.78 Å². The highest BCUT2D eigenvalue weighted by Gasteiger charge is 2.25. The molecule has 1 aliphatic carbocycles. The maximum atomic E-state index is 12.2. The van der Waals surface area contributed by atoms with Gasteiger partial charge in [-0.1, -0.05) is 0 Å². The first kappa shape index (κ1) is 16.6. The highest BCUT2D eigenvalue weighted by molar-refractivity contribution is 9.10. The van der Waals surface area contributed by atoms with Crippen molar-refractivity contribution in [2.24, 2.45) is 5.92 Å². The second kappa shape index (κ2) is 7.09. The quantitative estimate of drug-likeness (QED) is 0.754. The molecule has 23 heavy (non-hydrogen) atoms. The molecule has 0 radical (unpaired) electrons. The molecule has 0 spiro atoms. The van der Waals surface area contributed by atoms with Crippen molar-refractivity contribution in [1.29, 1.82) is 0 Å². The first-order valence-corrected chi connectivity index (χ1v) is 9.68. The standard InChI is InChI=1S/C17H19BrN2O2S/c1-10-5-14(7-12-6-13(18)9-19-15(10)12)22-17(23-2)16(21)20-8-11-3-4-11/h5-7,9,11,17H,3-4,8H2,1-2H3,(H,20,21). The Morgan fingerprint density at radius 2 is 2.26 bits per heavy atom. The predicted octanol–water partition coefficient (Wildman–Crippen LogP) is 3.90. The van der Waals surface area contributed by atoms with E-state index >= 15 is 0 Å². The van der Waals surface area contributed by atoms with Crippen molar-refractivity contribution < 1.29 is 9.53 Å². The van der Waals surface area contributed by atoms with Crippen LogP contribution in [0.4, 0.5) is 0 Å². The van der Waals surface area contributed by atoms with Crippen molar-refractivity contribution in [1.82, 2.24) is 10.3 Å². The molecule has 1 heterocycles. The van der Waals surface area contributed by atoms with E-state index in [4.69, 9.17) is 4.74 Å². The lowest BCUT2D eigenvalue weighted by atomic mass is 10.1. The number of fused-ring (bicyclic) bond motifs is 1. The number of hydrogen-bond donors (Lipinski definition) is 1. The van der Waals surface area contributed by atoms with E-state index in [0.717, 1.165) is 27.5 Å². The number of carbonyl (C=O) groups excluding carboxylic acids is 1. The third-order valence-corrected chi connectivity index (χ3v) is 5.02. The number of nitrogens with zero attached hydrogens (tertiary/aromatic N) is 1. The van der Waals surface area contributed by atoms with Crippen LogP contribution < -0.4 is 10.1 Å². The Morgan fingerprint density at radius 1 is 1.48 bits per heavy atom. The molecular formula is C17H19BrN2O2S. The van der Waals surface area contributed by atoms with E-state index in [2.05, 4.69) is 26.2 Å². The summed E-state index contributed by atoms with van der Waals surface area (Å²) >= 11 is 4.84. The van der Waals surface area contributed by atoms with Crippen LogP contribution in [0.5, 0.6) is 5.75 Å². The van der Waals surface area contributed by atoms with E-state index in [0.29, 0.717) is 11.7 Å². The summed E-state index contributed by atoms with van der Waals surface area (Å²) in [7, 11) is 0. The number of rotatable bonds is 6. The van der Waals surface area contributed by atoms with E-state index in [9.17, 15) is 4.79 Å².